The van der Waals surface area contributed by atoms with Crippen LogP contribution in [0.5, 0.6) is 0 Å². The van der Waals surface area contributed by atoms with E-state index in [1.54, 1.807) is 0 Å². The summed E-state index contributed by atoms with van der Waals surface area (Å²) in [6.45, 7) is 1.49. The van der Waals surface area contributed by atoms with Crippen molar-refractivity contribution in [2.75, 3.05) is 5.73 Å². The molecule has 5 heteroatoms. The van der Waals surface area contributed by atoms with Gasteiger partial charge in [0.15, 0.2) is 5.82 Å². The molecule has 0 amide bonds. The van der Waals surface area contributed by atoms with E-state index in [-0.39, 0.29) is 17.1 Å². The first-order chi connectivity index (χ1) is 4.63. The number of hydrogen-bond donors (Lipinski definition) is 2. The van der Waals surface area contributed by atoms with Crippen LogP contribution in [0.15, 0.2) is 4.52 Å². The molecule has 3 N–H and O–H groups in total. The van der Waals surface area contributed by atoms with Gasteiger partial charge in [-0.2, -0.15) is 0 Å². The lowest BCUT2D eigenvalue weighted by molar-refractivity contribution is 0.0696. The van der Waals surface area contributed by atoms with Gasteiger partial charge in [0, 0.05) is 0 Å². The number of nitrogen functional groups attached to an aromatic ring is 1. The van der Waals surface area contributed by atoms with Gasteiger partial charge in [-0.3, -0.25) is 0 Å². The summed E-state index contributed by atoms with van der Waals surface area (Å²) in [4.78, 5) is 10.3. The summed E-state index contributed by atoms with van der Waals surface area (Å²) in [6, 6.07) is 0. The lowest BCUT2D eigenvalue weighted by Gasteiger charge is -1.86. The van der Waals surface area contributed by atoms with E-state index in [1.807, 2.05) is 0 Å². The van der Waals surface area contributed by atoms with Gasteiger partial charge in [0.25, 0.3) is 0 Å². The highest BCUT2D eigenvalue weighted by Crippen LogP contribution is 2.13. The quantitative estimate of drug-likeness (QED) is 0.587. The third-order valence-corrected chi connectivity index (χ3v) is 1.10. The molecule has 0 radical (unpaired) electrons. The van der Waals surface area contributed by atoms with E-state index in [0.29, 0.717) is 0 Å². The number of carboxylic acids is 1. The van der Waals surface area contributed by atoms with Crippen molar-refractivity contribution < 1.29 is 14.4 Å². The van der Waals surface area contributed by atoms with Crippen LogP contribution < -0.4 is 5.73 Å². The average Bonchev–Trinajstić information content (AvgIpc) is 2.11. The van der Waals surface area contributed by atoms with Crippen molar-refractivity contribution in [3.8, 4) is 0 Å². The number of anilines is 1. The lowest BCUT2D eigenvalue weighted by atomic mass is 10.2. The van der Waals surface area contributed by atoms with E-state index in [1.165, 1.54) is 6.92 Å². The third-order valence-electron chi connectivity index (χ3n) is 1.10. The molecule has 1 aromatic rings. The minimum absolute atomic E-state index is 0.0556. The minimum Gasteiger partial charge on any atom is -0.477 e. The Hall–Kier alpha value is -1.52. The summed E-state index contributed by atoms with van der Waals surface area (Å²) in [7, 11) is 0. The second-order valence-electron chi connectivity index (χ2n) is 1.80. The summed E-state index contributed by atoms with van der Waals surface area (Å²) < 4.78 is 4.50. The number of carboxylic acid groups (broad SMARTS) is 1. The number of rotatable bonds is 1. The van der Waals surface area contributed by atoms with Crippen molar-refractivity contribution in [3.05, 3.63) is 11.3 Å². The second kappa shape index (κ2) is 2.02. The molecule has 0 aliphatic heterocycles. The molecule has 1 rings (SSSR count). The first-order valence-electron chi connectivity index (χ1n) is 2.58. The van der Waals surface area contributed by atoms with Crippen LogP contribution in [0.25, 0.3) is 0 Å². The van der Waals surface area contributed by atoms with E-state index in [9.17, 15) is 4.79 Å². The summed E-state index contributed by atoms with van der Waals surface area (Å²) >= 11 is 0. The molecular weight excluding hydrogens is 136 g/mol. The Morgan fingerprint density at radius 1 is 1.80 bits per heavy atom. The zero-order chi connectivity index (χ0) is 7.72. The molecule has 0 saturated heterocycles. The zero-order valence-electron chi connectivity index (χ0n) is 5.29. The molecule has 0 fully saturated rings. The van der Waals surface area contributed by atoms with Crippen LogP contribution in [0, 0.1) is 6.92 Å². The van der Waals surface area contributed by atoms with Crippen molar-refractivity contribution in [2.45, 2.75) is 6.92 Å². The Balaban J connectivity index is 3.23. The third kappa shape index (κ3) is 0.812. The Morgan fingerprint density at radius 2 is 2.40 bits per heavy atom. The van der Waals surface area contributed by atoms with Crippen LogP contribution >= 0.6 is 0 Å². The molecule has 0 aliphatic rings. The number of nitrogens with zero attached hydrogens (tertiary/aromatic N) is 1. The van der Waals surface area contributed by atoms with E-state index < -0.39 is 5.97 Å². The summed E-state index contributed by atoms with van der Waals surface area (Å²) in [5.74, 6) is -0.966. The van der Waals surface area contributed by atoms with Gasteiger partial charge in [0.1, 0.15) is 11.3 Å². The molecule has 0 aliphatic carbocycles. The molecule has 54 valence electrons. The smallest absolute Gasteiger partial charge is 0.343 e. The maximum atomic E-state index is 10.3. The SMILES string of the molecule is Cc1onc(N)c1C(=O)O. The highest BCUT2D eigenvalue weighted by atomic mass is 16.5. The maximum Gasteiger partial charge on any atom is 0.343 e. The fourth-order valence-corrected chi connectivity index (χ4v) is 0.649. The molecule has 0 aromatic carbocycles. The molecule has 0 bridgehead atoms. The van der Waals surface area contributed by atoms with Crippen molar-refractivity contribution >= 4 is 11.8 Å². The number of aromatic carboxylic acids is 1. The standard InChI is InChI=1S/C5H6N2O3/c1-2-3(5(8)9)4(6)7-10-2/h1H3,(H2,6,7)(H,8,9). The second-order valence-corrected chi connectivity index (χ2v) is 1.80. The lowest BCUT2D eigenvalue weighted by Crippen LogP contribution is -2.00. The van der Waals surface area contributed by atoms with E-state index in [4.69, 9.17) is 10.8 Å². The van der Waals surface area contributed by atoms with E-state index in [0.717, 1.165) is 0 Å². The molecule has 0 atom stereocenters. The van der Waals surface area contributed by atoms with Gasteiger partial charge >= 0.3 is 5.97 Å². The Morgan fingerprint density at radius 3 is 2.60 bits per heavy atom. The van der Waals surface area contributed by atoms with Crippen LogP contribution in [0.1, 0.15) is 16.1 Å². The summed E-state index contributed by atoms with van der Waals surface area (Å²) in [5.41, 5.74) is 5.10. The van der Waals surface area contributed by atoms with Gasteiger partial charge in [-0.1, -0.05) is 5.16 Å². The molecule has 1 aromatic heterocycles. The first-order valence-corrected chi connectivity index (χ1v) is 2.58. The molecule has 1 heterocycles. The Labute approximate surface area is 56.4 Å². The van der Waals surface area contributed by atoms with E-state index >= 15 is 0 Å². The zero-order valence-corrected chi connectivity index (χ0v) is 5.29. The number of aromatic nitrogens is 1. The van der Waals surface area contributed by atoms with Crippen molar-refractivity contribution in [2.24, 2.45) is 0 Å². The molecule has 0 saturated carbocycles. The fourth-order valence-electron chi connectivity index (χ4n) is 0.649. The molecule has 0 spiro atoms. The minimum atomic E-state index is -1.11. The average molecular weight is 142 g/mol. The summed E-state index contributed by atoms with van der Waals surface area (Å²) in [6.07, 6.45) is 0. The first kappa shape index (κ1) is 6.60. The normalized spacial score (nSPS) is 9.70. The number of aryl methyl sites for hydroxylation is 1. The van der Waals surface area contributed by atoms with Gasteiger partial charge in [-0.05, 0) is 6.92 Å². The molecule has 0 unspecified atom stereocenters. The van der Waals surface area contributed by atoms with Crippen molar-refractivity contribution in [3.63, 3.8) is 0 Å². The van der Waals surface area contributed by atoms with Gasteiger partial charge in [-0.15, -0.1) is 0 Å². The largest absolute Gasteiger partial charge is 0.477 e. The van der Waals surface area contributed by atoms with Crippen LogP contribution in [0.4, 0.5) is 5.82 Å². The molecule has 10 heavy (non-hydrogen) atoms. The van der Waals surface area contributed by atoms with Crippen LogP contribution in [-0.4, -0.2) is 16.2 Å². The van der Waals surface area contributed by atoms with Gasteiger partial charge in [0.05, 0.1) is 0 Å². The highest BCUT2D eigenvalue weighted by Gasteiger charge is 2.16. The number of carbonyl (C=O) groups is 1. The topological polar surface area (TPSA) is 89.4 Å². The molecule has 5 nitrogen and oxygen atoms in total. The van der Waals surface area contributed by atoms with Crippen LogP contribution in [0.2, 0.25) is 0 Å². The van der Waals surface area contributed by atoms with Gasteiger partial charge < -0.3 is 15.4 Å². The summed E-state index contributed by atoms with van der Waals surface area (Å²) in [5, 5.41) is 11.7. The Kier molecular flexibility index (Phi) is 1.33. The van der Waals surface area contributed by atoms with Gasteiger partial charge in [0.2, 0.25) is 0 Å². The van der Waals surface area contributed by atoms with Crippen LogP contribution in [-0.2, 0) is 0 Å². The van der Waals surface area contributed by atoms with Gasteiger partial charge in [-0.25, -0.2) is 4.79 Å². The monoisotopic (exact) mass is 142 g/mol. The predicted octanol–water partition coefficient (Wildman–Crippen LogP) is 0.263. The van der Waals surface area contributed by atoms with Crippen LogP contribution in [0.3, 0.4) is 0 Å². The highest BCUT2D eigenvalue weighted by molar-refractivity contribution is 5.93. The van der Waals surface area contributed by atoms with E-state index in [2.05, 4.69) is 9.68 Å². The van der Waals surface area contributed by atoms with Crippen molar-refractivity contribution in [1.29, 1.82) is 0 Å². The fraction of sp³-hybridized carbons (Fsp3) is 0.200. The number of hydrogen-bond acceptors (Lipinski definition) is 4. The predicted molar refractivity (Wildman–Crippen MR) is 32.6 cm³/mol. The molecular formula is C5H6N2O3. The number of nitrogens with two attached hydrogens (primary N) is 1. The Bertz CT molecular complexity index is 246. The maximum absolute atomic E-state index is 10.3. The van der Waals surface area contributed by atoms with Crippen molar-refractivity contribution in [1.82, 2.24) is 5.16 Å².